The molecule has 0 radical (unpaired) electrons. The van der Waals surface area contributed by atoms with E-state index in [0.717, 1.165) is 0 Å². The molecule has 21 heavy (non-hydrogen) atoms. The Morgan fingerprint density at radius 2 is 1.62 bits per heavy atom. The fourth-order valence-electron chi connectivity index (χ4n) is 2.93. The molecule has 2 heteroatoms. The Labute approximate surface area is 128 Å². The van der Waals surface area contributed by atoms with Crippen LogP contribution in [-0.2, 0) is 7.05 Å². The highest BCUT2D eigenvalue weighted by molar-refractivity contribution is 7.22. The van der Waals surface area contributed by atoms with Crippen LogP contribution in [0.15, 0.2) is 60.8 Å². The van der Waals surface area contributed by atoms with Crippen LogP contribution in [0.1, 0.15) is 5.56 Å². The molecule has 0 aliphatic heterocycles. The van der Waals surface area contributed by atoms with Crippen molar-refractivity contribution in [3.63, 3.8) is 0 Å². The van der Waals surface area contributed by atoms with Gasteiger partial charge in [-0.2, -0.15) is 4.57 Å². The second kappa shape index (κ2) is 4.68. The van der Waals surface area contributed by atoms with Gasteiger partial charge < -0.3 is 0 Å². The van der Waals surface area contributed by atoms with Crippen molar-refractivity contribution in [2.75, 3.05) is 0 Å². The third kappa shape index (κ3) is 1.95. The lowest BCUT2D eigenvalue weighted by atomic mass is 10.1. The minimum atomic E-state index is 1.28. The van der Waals surface area contributed by atoms with Gasteiger partial charge in [0.05, 0.1) is 0 Å². The maximum atomic E-state index is 2.30. The summed E-state index contributed by atoms with van der Waals surface area (Å²) in [5.74, 6) is 0. The summed E-state index contributed by atoms with van der Waals surface area (Å²) >= 11 is 1.88. The zero-order valence-electron chi connectivity index (χ0n) is 12.1. The fraction of sp³-hybridized carbons (Fsp3) is 0.105. The van der Waals surface area contributed by atoms with Crippen LogP contribution in [0.2, 0.25) is 0 Å². The summed E-state index contributed by atoms with van der Waals surface area (Å²) in [6, 6.07) is 19.5. The third-order valence-corrected chi connectivity index (χ3v) is 5.37. The van der Waals surface area contributed by atoms with Crippen molar-refractivity contribution in [1.29, 1.82) is 0 Å². The molecule has 0 spiro atoms. The van der Waals surface area contributed by atoms with Crippen molar-refractivity contribution in [1.82, 2.24) is 0 Å². The molecule has 0 fully saturated rings. The van der Waals surface area contributed by atoms with Crippen LogP contribution in [0.4, 0.5) is 0 Å². The van der Waals surface area contributed by atoms with Crippen LogP contribution in [0.3, 0.4) is 0 Å². The highest BCUT2D eigenvalue weighted by atomic mass is 32.1. The molecule has 2 aromatic carbocycles. The Hall–Kier alpha value is -2.19. The van der Waals surface area contributed by atoms with E-state index in [4.69, 9.17) is 0 Å². The van der Waals surface area contributed by atoms with Gasteiger partial charge in [0.15, 0.2) is 6.20 Å². The molecular weight excluding hydrogens is 274 g/mol. The zero-order valence-corrected chi connectivity index (χ0v) is 12.9. The lowest BCUT2D eigenvalue weighted by Crippen LogP contribution is -2.30. The summed E-state index contributed by atoms with van der Waals surface area (Å²) in [5.41, 5.74) is 2.66. The van der Waals surface area contributed by atoms with E-state index in [1.165, 1.54) is 37.0 Å². The minimum Gasteiger partial charge on any atom is -0.200 e. The maximum absolute atomic E-state index is 2.30. The van der Waals surface area contributed by atoms with Crippen LogP contribution in [0.25, 0.3) is 31.4 Å². The van der Waals surface area contributed by atoms with Gasteiger partial charge in [0.2, 0.25) is 5.69 Å². The van der Waals surface area contributed by atoms with E-state index < -0.39 is 0 Å². The largest absolute Gasteiger partial charge is 0.223 e. The first-order valence-electron chi connectivity index (χ1n) is 7.11. The zero-order chi connectivity index (χ0) is 14.4. The molecule has 4 aromatic rings. The summed E-state index contributed by atoms with van der Waals surface area (Å²) in [6.07, 6.45) is 2.22. The fourth-order valence-corrected chi connectivity index (χ4v) is 4.20. The number of aryl methyl sites for hydroxylation is 2. The molecule has 0 aliphatic carbocycles. The average Bonchev–Trinajstić information content (AvgIpc) is 2.84. The average molecular weight is 290 g/mol. The number of rotatable bonds is 1. The number of benzene rings is 2. The van der Waals surface area contributed by atoms with Crippen LogP contribution >= 0.6 is 11.3 Å². The van der Waals surface area contributed by atoms with E-state index >= 15 is 0 Å². The highest BCUT2D eigenvalue weighted by Crippen LogP contribution is 2.37. The summed E-state index contributed by atoms with van der Waals surface area (Å²) < 4.78 is 3.60. The molecule has 0 saturated carbocycles. The molecular formula is C19H16NS+. The van der Waals surface area contributed by atoms with E-state index in [9.17, 15) is 0 Å². The Bertz CT molecular complexity index is 966. The molecule has 0 saturated heterocycles. The maximum Gasteiger partial charge on any atom is 0.223 e. The van der Waals surface area contributed by atoms with Gasteiger partial charge >= 0.3 is 0 Å². The number of aromatic nitrogens is 1. The molecule has 1 nitrogen and oxygen atoms in total. The van der Waals surface area contributed by atoms with Gasteiger partial charge in [0.25, 0.3) is 0 Å². The molecule has 0 unspecified atom stereocenters. The van der Waals surface area contributed by atoms with Gasteiger partial charge in [0, 0.05) is 16.2 Å². The predicted octanol–water partition coefficient (Wildman–Crippen LogP) is 4.85. The first kappa shape index (κ1) is 12.5. The topological polar surface area (TPSA) is 3.88 Å². The Morgan fingerprint density at radius 1 is 0.905 bits per heavy atom. The second-order valence-corrected chi connectivity index (χ2v) is 6.50. The van der Waals surface area contributed by atoms with Crippen LogP contribution < -0.4 is 4.57 Å². The number of fused-ring (bicyclic) bond motifs is 2. The normalized spacial score (nSPS) is 11.3. The minimum absolute atomic E-state index is 1.28. The number of thiophene rings is 1. The standard InChI is InChI=1S/C19H16NS/c1-13-16-9-5-6-10-18(16)21-19(13)17-11-14-7-3-4-8-15(14)12-20(17)2/h3-12H,1-2H3/q+1. The van der Waals surface area contributed by atoms with E-state index in [2.05, 4.69) is 79.3 Å². The molecule has 0 aliphatic rings. The summed E-state index contributed by atoms with van der Waals surface area (Å²) in [6.45, 7) is 2.23. The molecule has 2 aromatic heterocycles. The third-order valence-electron chi connectivity index (χ3n) is 4.08. The second-order valence-electron chi connectivity index (χ2n) is 5.45. The smallest absolute Gasteiger partial charge is 0.200 e. The van der Waals surface area contributed by atoms with Crippen molar-refractivity contribution in [2.24, 2.45) is 7.05 Å². The van der Waals surface area contributed by atoms with E-state index in [-0.39, 0.29) is 0 Å². The lowest BCUT2D eigenvalue weighted by Gasteiger charge is -2.02. The number of hydrogen-bond donors (Lipinski definition) is 0. The molecule has 102 valence electrons. The Morgan fingerprint density at radius 3 is 2.43 bits per heavy atom. The molecule has 2 heterocycles. The monoisotopic (exact) mass is 290 g/mol. The van der Waals surface area contributed by atoms with Gasteiger partial charge in [-0.3, -0.25) is 0 Å². The quantitative estimate of drug-likeness (QED) is 0.441. The predicted molar refractivity (Wildman–Crippen MR) is 90.7 cm³/mol. The van der Waals surface area contributed by atoms with E-state index in [1.54, 1.807) is 0 Å². The first-order chi connectivity index (χ1) is 10.2. The number of hydrogen-bond acceptors (Lipinski definition) is 1. The Kier molecular flexibility index (Phi) is 2.79. The SMILES string of the molecule is Cc1c(-c2cc3ccccc3c[n+]2C)sc2ccccc12. The van der Waals surface area contributed by atoms with Gasteiger partial charge in [-0.05, 0) is 35.4 Å². The van der Waals surface area contributed by atoms with Gasteiger partial charge in [-0.15, -0.1) is 11.3 Å². The van der Waals surface area contributed by atoms with Crippen molar-refractivity contribution < 1.29 is 4.57 Å². The summed E-state index contributed by atoms with van der Waals surface area (Å²) in [5, 5.41) is 3.94. The number of nitrogens with zero attached hydrogens (tertiary/aromatic N) is 1. The van der Waals surface area contributed by atoms with Crippen molar-refractivity contribution in [3.05, 3.63) is 66.4 Å². The molecule has 0 atom stereocenters. The van der Waals surface area contributed by atoms with Crippen molar-refractivity contribution in [3.8, 4) is 10.6 Å². The summed E-state index contributed by atoms with van der Waals surface area (Å²) in [4.78, 5) is 1.37. The van der Waals surface area contributed by atoms with Crippen LogP contribution in [-0.4, -0.2) is 0 Å². The molecule has 4 rings (SSSR count). The Balaban J connectivity index is 2.03. The summed E-state index contributed by atoms with van der Waals surface area (Å²) in [7, 11) is 2.13. The highest BCUT2D eigenvalue weighted by Gasteiger charge is 2.18. The van der Waals surface area contributed by atoms with Crippen LogP contribution in [0.5, 0.6) is 0 Å². The van der Waals surface area contributed by atoms with Crippen LogP contribution in [0, 0.1) is 6.92 Å². The van der Waals surface area contributed by atoms with E-state index in [1.807, 2.05) is 11.3 Å². The van der Waals surface area contributed by atoms with E-state index in [0.29, 0.717) is 0 Å². The molecule has 0 N–H and O–H groups in total. The van der Waals surface area contributed by atoms with Crippen molar-refractivity contribution >= 4 is 32.2 Å². The van der Waals surface area contributed by atoms with Gasteiger partial charge in [-0.1, -0.05) is 36.4 Å². The number of pyridine rings is 1. The molecule has 0 bridgehead atoms. The van der Waals surface area contributed by atoms with Crippen molar-refractivity contribution in [2.45, 2.75) is 6.92 Å². The van der Waals surface area contributed by atoms with Gasteiger partial charge in [-0.25, -0.2) is 0 Å². The van der Waals surface area contributed by atoms with Gasteiger partial charge in [0.1, 0.15) is 11.9 Å². The first-order valence-corrected chi connectivity index (χ1v) is 7.92. The molecule has 0 amide bonds. The lowest BCUT2D eigenvalue weighted by molar-refractivity contribution is -0.658.